The Morgan fingerprint density at radius 1 is 1.89 bits per heavy atom. The SMILES string of the molecule is CCC1CC(=O)OC1O. The molecule has 2 unspecified atom stereocenters. The smallest absolute Gasteiger partial charge is 0.308 e. The molecule has 0 aromatic carbocycles. The van der Waals surface area contributed by atoms with Crippen LogP contribution in [0.1, 0.15) is 19.8 Å². The first-order valence-electron chi connectivity index (χ1n) is 3.11. The lowest BCUT2D eigenvalue weighted by molar-refractivity contribution is -0.155. The van der Waals surface area contributed by atoms with Gasteiger partial charge in [-0.3, -0.25) is 4.79 Å². The third-order valence-corrected chi connectivity index (χ3v) is 1.61. The third kappa shape index (κ3) is 1.21. The van der Waals surface area contributed by atoms with Gasteiger partial charge in [0.25, 0.3) is 0 Å². The summed E-state index contributed by atoms with van der Waals surface area (Å²) in [6.07, 6.45) is 0.326. The van der Waals surface area contributed by atoms with E-state index in [1.54, 1.807) is 0 Å². The van der Waals surface area contributed by atoms with Crippen molar-refractivity contribution in [3.05, 3.63) is 0 Å². The molecule has 1 aliphatic rings. The number of esters is 1. The molecule has 3 heteroatoms. The Morgan fingerprint density at radius 2 is 2.56 bits per heavy atom. The fraction of sp³-hybridized carbons (Fsp3) is 0.833. The molecule has 0 aromatic rings. The fourth-order valence-electron chi connectivity index (χ4n) is 0.940. The molecule has 0 radical (unpaired) electrons. The second kappa shape index (κ2) is 2.35. The second-order valence-electron chi connectivity index (χ2n) is 2.25. The molecule has 9 heavy (non-hydrogen) atoms. The van der Waals surface area contributed by atoms with Gasteiger partial charge in [-0.1, -0.05) is 6.92 Å². The highest BCUT2D eigenvalue weighted by molar-refractivity contribution is 5.71. The van der Waals surface area contributed by atoms with Crippen molar-refractivity contribution in [1.29, 1.82) is 0 Å². The van der Waals surface area contributed by atoms with Gasteiger partial charge in [-0.25, -0.2) is 0 Å². The standard InChI is InChI=1S/C6H10O3/c1-2-4-3-5(7)9-6(4)8/h4,6,8H,2-3H2,1H3. The molecule has 1 saturated heterocycles. The Balaban J connectivity index is 2.47. The van der Waals surface area contributed by atoms with Gasteiger partial charge in [-0.15, -0.1) is 0 Å². The first-order chi connectivity index (χ1) is 4.24. The van der Waals surface area contributed by atoms with Crippen LogP contribution in [0.25, 0.3) is 0 Å². The molecule has 1 heterocycles. The molecular weight excluding hydrogens is 120 g/mol. The second-order valence-corrected chi connectivity index (χ2v) is 2.25. The lowest BCUT2D eigenvalue weighted by atomic mass is 10.1. The Bertz CT molecular complexity index is 121. The molecule has 1 fully saturated rings. The van der Waals surface area contributed by atoms with Gasteiger partial charge < -0.3 is 9.84 Å². The highest BCUT2D eigenvalue weighted by Gasteiger charge is 2.31. The minimum Gasteiger partial charge on any atom is -0.436 e. The van der Waals surface area contributed by atoms with Gasteiger partial charge in [0.05, 0.1) is 6.42 Å². The molecule has 52 valence electrons. The summed E-state index contributed by atoms with van der Waals surface area (Å²) in [7, 11) is 0. The molecule has 0 aliphatic carbocycles. The van der Waals surface area contributed by atoms with Gasteiger partial charge in [0.1, 0.15) is 0 Å². The maximum Gasteiger partial charge on any atom is 0.308 e. The van der Waals surface area contributed by atoms with Crippen LogP contribution < -0.4 is 0 Å². The molecule has 0 saturated carbocycles. The van der Waals surface area contributed by atoms with Gasteiger partial charge in [-0.05, 0) is 6.42 Å². The summed E-state index contributed by atoms with van der Waals surface area (Å²) >= 11 is 0. The highest BCUT2D eigenvalue weighted by atomic mass is 16.6. The number of rotatable bonds is 1. The Kier molecular flexibility index (Phi) is 1.71. The van der Waals surface area contributed by atoms with E-state index in [1.807, 2.05) is 6.92 Å². The molecule has 1 N–H and O–H groups in total. The molecule has 0 bridgehead atoms. The van der Waals surface area contributed by atoms with E-state index in [1.165, 1.54) is 0 Å². The maximum absolute atomic E-state index is 10.4. The summed E-state index contributed by atoms with van der Waals surface area (Å²) in [5, 5.41) is 8.92. The topological polar surface area (TPSA) is 46.5 Å². The zero-order valence-electron chi connectivity index (χ0n) is 5.33. The van der Waals surface area contributed by atoms with Crippen LogP contribution in [0.5, 0.6) is 0 Å². The zero-order chi connectivity index (χ0) is 6.85. The van der Waals surface area contributed by atoms with E-state index in [9.17, 15) is 4.79 Å². The van der Waals surface area contributed by atoms with Crippen LogP contribution in [0.2, 0.25) is 0 Å². The van der Waals surface area contributed by atoms with E-state index in [4.69, 9.17) is 5.11 Å². The summed E-state index contributed by atoms with van der Waals surface area (Å²) in [6.45, 7) is 1.93. The summed E-state index contributed by atoms with van der Waals surface area (Å²) in [6, 6.07) is 0. The van der Waals surface area contributed by atoms with E-state index >= 15 is 0 Å². The number of hydrogen-bond donors (Lipinski definition) is 1. The number of ether oxygens (including phenoxy) is 1. The van der Waals surface area contributed by atoms with Gasteiger partial charge in [0, 0.05) is 5.92 Å². The van der Waals surface area contributed by atoms with Crippen molar-refractivity contribution in [2.45, 2.75) is 26.1 Å². The lowest BCUT2D eigenvalue weighted by Gasteiger charge is -2.06. The van der Waals surface area contributed by atoms with Crippen molar-refractivity contribution in [3.8, 4) is 0 Å². The minimum atomic E-state index is -0.845. The average Bonchev–Trinajstić information content (AvgIpc) is 2.10. The molecule has 0 spiro atoms. The third-order valence-electron chi connectivity index (χ3n) is 1.61. The fourth-order valence-corrected chi connectivity index (χ4v) is 0.940. The first-order valence-corrected chi connectivity index (χ1v) is 3.11. The lowest BCUT2D eigenvalue weighted by Crippen LogP contribution is -2.13. The van der Waals surface area contributed by atoms with Gasteiger partial charge in [0.15, 0.2) is 0 Å². The highest BCUT2D eigenvalue weighted by Crippen LogP contribution is 2.22. The monoisotopic (exact) mass is 130 g/mol. The largest absolute Gasteiger partial charge is 0.436 e. The van der Waals surface area contributed by atoms with Crippen LogP contribution in [0.3, 0.4) is 0 Å². The Morgan fingerprint density at radius 3 is 2.78 bits per heavy atom. The predicted octanol–water partition coefficient (Wildman–Crippen LogP) is 0.278. The Labute approximate surface area is 53.6 Å². The molecule has 1 aliphatic heterocycles. The van der Waals surface area contributed by atoms with Crippen molar-refractivity contribution in [1.82, 2.24) is 0 Å². The van der Waals surface area contributed by atoms with Crippen molar-refractivity contribution in [2.75, 3.05) is 0 Å². The molecule has 1 rings (SSSR count). The van der Waals surface area contributed by atoms with Crippen LogP contribution in [0, 0.1) is 5.92 Å². The number of aliphatic hydroxyl groups is 1. The molecule has 0 amide bonds. The van der Waals surface area contributed by atoms with Gasteiger partial charge >= 0.3 is 5.97 Å². The number of hydrogen-bond acceptors (Lipinski definition) is 3. The van der Waals surface area contributed by atoms with Gasteiger partial charge in [-0.2, -0.15) is 0 Å². The van der Waals surface area contributed by atoms with Crippen LogP contribution >= 0.6 is 0 Å². The van der Waals surface area contributed by atoms with Crippen molar-refractivity contribution in [2.24, 2.45) is 5.92 Å². The first kappa shape index (κ1) is 6.55. The summed E-state index contributed by atoms with van der Waals surface area (Å²) in [5.41, 5.74) is 0. The van der Waals surface area contributed by atoms with Crippen LogP contribution in [0.15, 0.2) is 0 Å². The molecule has 3 nitrogen and oxygen atoms in total. The Hall–Kier alpha value is -0.570. The normalized spacial score (nSPS) is 34.7. The summed E-state index contributed by atoms with van der Waals surface area (Å²) in [4.78, 5) is 10.4. The molecular formula is C6H10O3. The van der Waals surface area contributed by atoms with Crippen LogP contribution in [0.4, 0.5) is 0 Å². The molecule has 2 atom stereocenters. The van der Waals surface area contributed by atoms with Crippen molar-refractivity contribution in [3.63, 3.8) is 0 Å². The van der Waals surface area contributed by atoms with Crippen molar-refractivity contribution >= 4 is 5.97 Å². The van der Waals surface area contributed by atoms with E-state index in [-0.39, 0.29) is 11.9 Å². The van der Waals surface area contributed by atoms with Gasteiger partial charge in [0.2, 0.25) is 6.29 Å². The zero-order valence-corrected chi connectivity index (χ0v) is 5.33. The minimum absolute atomic E-state index is 0.0255. The summed E-state index contributed by atoms with van der Waals surface area (Å²) in [5.74, 6) is -0.258. The average molecular weight is 130 g/mol. The number of carbonyl (C=O) groups is 1. The number of cyclic esters (lactones) is 1. The van der Waals surface area contributed by atoms with E-state index in [2.05, 4.69) is 4.74 Å². The predicted molar refractivity (Wildman–Crippen MR) is 30.5 cm³/mol. The maximum atomic E-state index is 10.4. The number of aliphatic hydroxyl groups excluding tert-OH is 1. The van der Waals surface area contributed by atoms with Crippen molar-refractivity contribution < 1.29 is 14.6 Å². The van der Waals surface area contributed by atoms with E-state index in [0.717, 1.165) is 6.42 Å². The van der Waals surface area contributed by atoms with Crippen LogP contribution in [-0.2, 0) is 9.53 Å². The van der Waals surface area contributed by atoms with E-state index in [0.29, 0.717) is 6.42 Å². The molecule has 0 aromatic heterocycles. The van der Waals surface area contributed by atoms with Crippen LogP contribution in [-0.4, -0.2) is 17.4 Å². The number of carbonyl (C=O) groups excluding carboxylic acids is 1. The summed E-state index contributed by atoms with van der Waals surface area (Å²) < 4.78 is 4.48. The van der Waals surface area contributed by atoms with E-state index < -0.39 is 6.29 Å². The quantitative estimate of drug-likeness (QED) is 0.518.